The number of benzene rings is 2. The minimum atomic E-state index is -0.404. The number of para-hydroxylation sites is 1. The van der Waals surface area contributed by atoms with Crippen molar-refractivity contribution in [3.05, 3.63) is 75.5 Å². The second-order valence-corrected chi connectivity index (χ2v) is 6.49. The van der Waals surface area contributed by atoms with Crippen molar-refractivity contribution in [3.8, 4) is 11.8 Å². The van der Waals surface area contributed by atoms with Crippen molar-refractivity contribution in [2.24, 2.45) is 0 Å². The molecule has 130 valence electrons. The highest BCUT2D eigenvalue weighted by Crippen LogP contribution is 2.28. The monoisotopic (exact) mass is 430 g/mol. The van der Waals surface area contributed by atoms with Gasteiger partial charge in [0.2, 0.25) is 0 Å². The molecule has 0 bridgehead atoms. The molecule has 8 heteroatoms. The molecule has 0 aliphatic heterocycles. The minimum absolute atomic E-state index is 0.127. The van der Waals surface area contributed by atoms with Crippen LogP contribution in [0.3, 0.4) is 0 Å². The van der Waals surface area contributed by atoms with Crippen LogP contribution in [0.15, 0.2) is 59.2 Å². The van der Waals surface area contributed by atoms with Gasteiger partial charge in [-0.25, -0.2) is 4.68 Å². The van der Waals surface area contributed by atoms with Crippen LogP contribution < -0.4 is 10.1 Å². The number of amides is 1. The molecule has 0 saturated heterocycles. The Labute approximate surface area is 163 Å². The molecule has 2 aromatic carbocycles. The number of rotatable bonds is 5. The Balaban J connectivity index is 1.65. The Morgan fingerprint density at radius 1 is 1.31 bits per heavy atom. The van der Waals surface area contributed by atoms with Crippen molar-refractivity contribution in [2.75, 3.05) is 5.32 Å². The van der Waals surface area contributed by atoms with E-state index in [0.717, 1.165) is 4.47 Å². The van der Waals surface area contributed by atoms with E-state index in [9.17, 15) is 4.79 Å². The molecule has 0 unspecified atom stereocenters. The molecular formula is C18H12BrClN4O2. The molecule has 0 radical (unpaired) electrons. The average molecular weight is 432 g/mol. The van der Waals surface area contributed by atoms with Crippen LogP contribution in [0.4, 0.5) is 5.69 Å². The summed E-state index contributed by atoms with van der Waals surface area (Å²) in [4.78, 5) is 12.3. The Kier molecular flexibility index (Phi) is 5.56. The molecular weight excluding hydrogens is 420 g/mol. The summed E-state index contributed by atoms with van der Waals surface area (Å²) < 4.78 is 7.86. The van der Waals surface area contributed by atoms with Crippen LogP contribution in [0.5, 0.6) is 5.75 Å². The van der Waals surface area contributed by atoms with E-state index in [0.29, 0.717) is 22.0 Å². The standard InChI is InChI=1S/C18H12BrClN4O2/c19-14-9-13(20)5-6-17(14)26-11-24-8-7-16(23-24)18(25)22-15-4-2-1-3-12(15)10-21/h1-9H,11H2,(H,22,25). The summed E-state index contributed by atoms with van der Waals surface area (Å²) in [6, 6.07) is 15.6. The second kappa shape index (κ2) is 8.04. The number of aromatic nitrogens is 2. The lowest BCUT2D eigenvalue weighted by Crippen LogP contribution is -2.15. The quantitative estimate of drug-likeness (QED) is 0.647. The van der Waals surface area contributed by atoms with Gasteiger partial charge >= 0.3 is 0 Å². The number of halogens is 2. The van der Waals surface area contributed by atoms with Gasteiger partial charge in [-0.1, -0.05) is 23.7 Å². The van der Waals surface area contributed by atoms with Crippen molar-refractivity contribution >= 4 is 39.1 Å². The van der Waals surface area contributed by atoms with Gasteiger partial charge in [-0.05, 0) is 52.3 Å². The number of hydrogen-bond donors (Lipinski definition) is 1. The van der Waals surface area contributed by atoms with E-state index >= 15 is 0 Å². The first kappa shape index (κ1) is 18.0. The van der Waals surface area contributed by atoms with Crippen molar-refractivity contribution in [1.29, 1.82) is 5.26 Å². The fraction of sp³-hybridized carbons (Fsp3) is 0.0556. The molecule has 0 fully saturated rings. The molecule has 0 saturated carbocycles. The van der Waals surface area contributed by atoms with Crippen molar-refractivity contribution in [1.82, 2.24) is 9.78 Å². The zero-order valence-electron chi connectivity index (χ0n) is 13.3. The largest absolute Gasteiger partial charge is 0.470 e. The van der Waals surface area contributed by atoms with Gasteiger partial charge < -0.3 is 10.1 Å². The predicted molar refractivity (Wildman–Crippen MR) is 101 cm³/mol. The molecule has 1 heterocycles. The number of carbonyl (C=O) groups excluding carboxylic acids is 1. The van der Waals surface area contributed by atoms with Gasteiger partial charge in [0.1, 0.15) is 11.8 Å². The SMILES string of the molecule is N#Cc1ccccc1NC(=O)c1ccn(COc2ccc(Cl)cc2Br)n1. The van der Waals surface area contributed by atoms with Crippen LogP contribution in [-0.4, -0.2) is 15.7 Å². The zero-order chi connectivity index (χ0) is 18.5. The summed E-state index contributed by atoms with van der Waals surface area (Å²) in [7, 11) is 0. The lowest BCUT2D eigenvalue weighted by Gasteiger charge is -2.08. The van der Waals surface area contributed by atoms with Crippen LogP contribution in [0, 0.1) is 11.3 Å². The van der Waals surface area contributed by atoms with Crippen LogP contribution >= 0.6 is 27.5 Å². The van der Waals surface area contributed by atoms with Crippen LogP contribution in [0.2, 0.25) is 5.02 Å². The van der Waals surface area contributed by atoms with Gasteiger partial charge in [-0.2, -0.15) is 10.4 Å². The predicted octanol–water partition coefficient (Wildman–Crippen LogP) is 4.46. The summed E-state index contributed by atoms with van der Waals surface area (Å²) >= 11 is 9.26. The van der Waals surface area contributed by atoms with Gasteiger partial charge in [0, 0.05) is 11.2 Å². The first-order valence-electron chi connectivity index (χ1n) is 7.48. The maximum Gasteiger partial charge on any atom is 0.276 e. The maximum atomic E-state index is 12.3. The van der Waals surface area contributed by atoms with E-state index in [1.807, 2.05) is 6.07 Å². The summed E-state index contributed by atoms with van der Waals surface area (Å²) in [5.74, 6) is 0.206. The third-order valence-electron chi connectivity index (χ3n) is 3.42. The number of ether oxygens (including phenoxy) is 1. The molecule has 3 rings (SSSR count). The highest BCUT2D eigenvalue weighted by molar-refractivity contribution is 9.10. The zero-order valence-corrected chi connectivity index (χ0v) is 15.7. The molecule has 0 aliphatic rings. The minimum Gasteiger partial charge on any atom is -0.470 e. The summed E-state index contributed by atoms with van der Waals surface area (Å²) in [5.41, 5.74) is 1.05. The maximum absolute atomic E-state index is 12.3. The number of carbonyl (C=O) groups is 1. The molecule has 1 amide bonds. The Bertz CT molecular complexity index is 997. The highest BCUT2D eigenvalue weighted by Gasteiger charge is 2.12. The Morgan fingerprint density at radius 3 is 2.88 bits per heavy atom. The molecule has 0 spiro atoms. The van der Waals surface area contributed by atoms with Gasteiger partial charge in [-0.3, -0.25) is 4.79 Å². The van der Waals surface area contributed by atoms with Crippen molar-refractivity contribution < 1.29 is 9.53 Å². The molecule has 3 aromatic rings. The van der Waals surface area contributed by atoms with Gasteiger partial charge in [-0.15, -0.1) is 0 Å². The highest BCUT2D eigenvalue weighted by atomic mass is 79.9. The van der Waals surface area contributed by atoms with Crippen LogP contribution in [0.1, 0.15) is 16.1 Å². The van der Waals surface area contributed by atoms with E-state index < -0.39 is 5.91 Å². The van der Waals surface area contributed by atoms with Crippen molar-refractivity contribution in [3.63, 3.8) is 0 Å². The van der Waals surface area contributed by atoms with Gasteiger partial charge in [0.05, 0.1) is 15.7 Å². The van der Waals surface area contributed by atoms with Crippen LogP contribution in [-0.2, 0) is 6.73 Å². The third kappa shape index (κ3) is 4.23. The number of nitrogens with one attached hydrogen (secondary N) is 1. The second-order valence-electron chi connectivity index (χ2n) is 5.20. The van der Waals surface area contributed by atoms with Crippen molar-refractivity contribution in [2.45, 2.75) is 6.73 Å². The van der Waals surface area contributed by atoms with E-state index in [1.165, 1.54) is 4.68 Å². The Morgan fingerprint density at radius 2 is 2.12 bits per heavy atom. The van der Waals surface area contributed by atoms with Crippen LogP contribution in [0.25, 0.3) is 0 Å². The smallest absolute Gasteiger partial charge is 0.276 e. The first-order valence-corrected chi connectivity index (χ1v) is 8.65. The third-order valence-corrected chi connectivity index (χ3v) is 4.27. The fourth-order valence-electron chi connectivity index (χ4n) is 2.16. The van der Waals surface area contributed by atoms with E-state index in [2.05, 4.69) is 26.3 Å². The summed E-state index contributed by atoms with van der Waals surface area (Å²) in [5, 5.41) is 16.5. The van der Waals surface area contributed by atoms with E-state index in [-0.39, 0.29) is 12.4 Å². The van der Waals surface area contributed by atoms with E-state index in [1.54, 1.807) is 54.7 Å². The number of anilines is 1. The molecule has 1 aromatic heterocycles. The Hall–Kier alpha value is -2.82. The van der Waals surface area contributed by atoms with E-state index in [4.69, 9.17) is 21.6 Å². The molecule has 0 atom stereocenters. The lowest BCUT2D eigenvalue weighted by molar-refractivity contribution is 0.102. The summed E-state index contributed by atoms with van der Waals surface area (Å²) in [6.07, 6.45) is 1.63. The number of nitrogens with zero attached hydrogens (tertiary/aromatic N) is 3. The molecule has 0 aliphatic carbocycles. The topological polar surface area (TPSA) is 79.9 Å². The van der Waals surface area contributed by atoms with Gasteiger partial charge in [0.15, 0.2) is 12.4 Å². The molecule has 6 nitrogen and oxygen atoms in total. The average Bonchev–Trinajstić information content (AvgIpc) is 3.10. The molecule has 1 N–H and O–H groups in total. The fourth-order valence-corrected chi connectivity index (χ4v) is 2.96. The molecule has 26 heavy (non-hydrogen) atoms. The lowest BCUT2D eigenvalue weighted by atomic mass is 10.2. The number of nitriles is 1. The number of hydrogen-bond acceptors (Lipinski definition) is 4. The summed E-state index contributed by atoms with van der Waals surface area (Å²) in [6.45, 7) is 0.127. The first-order chi connectivity index (χ1) is 12.6. The van der Waals surface area contributed by atoms with Gasteiger partial charge in [0.25, 0.3) is 5.91 Å². The normalized spacial score (nSPS) is 10.2.